The molecule has 1 aromatic carbocycles. The van der Waals surface area contributed by atoms with E-state index in [1.807, 2.05) is 19.1 Å². The molecule has 3 aromatic rings. The molecule has 0 radical (unpaired) electrons. The Morgan fingerprint density at radius 1 is 1.30 bits per heavy atom. The number of nitrogens with two attached hydrogens (primary N) is 1. The highest BCUT2D eigenvalue weighted by atomic mass is 35.5. The first-order valence-corrected chi connectivity index (χ1v) is 9.35. The average Bonchev–Trinajstić information content (AvgIpc) is 3.07. The number of piperidine rings is 1. The summed E-state index contributed by atoms with van der Waals surface area (Å²) in [5, 5.41) is 8.14. The summed E-state index contributed by atoms with van der Waals surface area (Å²) >= 11 is 12.4. The minimum absolute atomic E-state index is 0.250. The van der Waals surface area contributed by atoms with Crippen molar-refractivity contribution in [2.24, 2.45) is 11.1 Å². The van der Waals surface area contributed by atoms with Crippen molar-refractivity contribution in [2.45, 2.75) is 19.8 Å². The van der Waals surface area contributed by atoms with Crippen LogP contribution in [0.4, 0.5) is 5.82 Å². The third-order valence-electron chi connectivity index (χ3n) is 5.25. The molecule has 1 aliphatic rings. The molecule has 0 spiro atoms. The molecule has 1 saturated heterocycles. The number of hydrogen-bond donors (Lipinski definition) is 2. The number of primary amides is 1. The number of rotatable bonds is 3. The number of anilines is 1. The number of fused-ring (bicyclic) bond motifs is 1. The maximum atomic E-state index is 11.6. The van der Waals surface area contributed by atoms with E-state index in [-0.39, 0.29) is 5.91 Å². The molecule has 9 heteroatoms. The Balaban J connectivity index is 1.64. The molecule has 0 bridgehead atoms. The zero-order valence-electron chi connectivity index (χ0n) is 14.7. The van der Waals surface area contributed by atoms with Gasteiger partial charge in [0.25, 0.3) is 0 Å². The monoisotopic (exact) mass is 404 g/mol. The summed E-state index contributed by atoms with van der Waals surface area (Å²) in [7, 11) is 0. The number of carbonyl (C=O) groups excluding carboxylic acids is 1. The number of aromatic nitrogens is 4. The third kappa shape index (κ3) is 3.11. The van der Waals surface area contributed by atoms with Crippen LogP contribution >= 0.6 is 23.2 Å². The molecule has 1 aliphatic heterocycles. The number of aromatic amines is 1. The van der Waals surface area contributed by atoms with Crippen LogP contribution in [0, 0.1) is 5.41 Å². The number of carbonyl (C=O) groups is 1. The van der Waals surface area contributed by atoms with Crippen LogP contribution in [0.5, 0.6) is 0 Å². The molecule has 0 saturated carbocycles. The minimum atomic E-state index is -0.460. The highest BCUT2D eigenvalue weighted by Crippen LogP contribution is 2.36. The second kappa shape index (κ2) is 6.65. The molecule has 4 rings (SSSR count). The van der Waals surface area contributed by atoms with Crippen molar-refractivity contribution in [3.63, 3.8) is 0 Å². The summed E-state index contributed by atoms with van der Waals surface area (Å²) in [5.74, 6) is 0.488. The van der Waals surface area contributed by atoms with Crippen molar-refractivity contribution in [1.29, 1.82) is 0 Å². The molecular formula is C18H18Cl2N6O. The topological polar surface area (TPSA) is 101 Å². The van der Waals surface area contributed by atoms with Crippen molar-refractivity contribution in [2.75, 3.05) is 18.0 Å². The van der Waals surface area contributed by atoms with E-state index in [4.69, 9.17) is 28.9 Å². The van der Waals surface area contributed by atoms with Crippen LogP contribution in [0.2, 0.25) is 10.0 Å². The number of H-pyrrole nitrogens is 1. The number of halogens is 2. The first kappa shape index (κ1) is 18.0. The van der Waals surface area contributed by atoms with Gasteiger partial charge in [-0.2, -0.15) is 5.10 Å². The first-order valence-electron chi connectivity index (χ1n) is 8.59. The molecule has 7 nitrogen and oxygen atoms in total. The lowest BCUT2D eigenvalue weighted by Gasteiger charge is -2.37. The molecule has 0 aliphatic carbocycles. The summed E-state index contributed by atoms with van der Waals surface area (Å²) in [6.45, 7) is 3.30. The van der Waals surface area contributed by atoms with E-state index in [1.165, 1.54) is 0 Å². The van der Waals surface area contributed by atoms with Crippen molar-refractivity contribution in [3.05, 3.63) is 34.4 Å². The zero-order valence-corrected chi connectivity index (χ0v) is 16.2. The van der Waals surface area contributed by atoms with Gasteiger partial charge in [0.2, 0.25) is 5.91 Å². The van der Waals surface area contributed by atoms with E-state index in [0.717, 1.165) is 5.82 Å². The van der Waals surface area contributed by atoms with Crippen LogP contribution < -0.4 is 10.6 Å². The predicted octanol–water partition coefficient (Wildman–Crippen LogP) is 3.42. The second-order valence-corrected chi connectivity index (χ2v) is 7.80. The van der Waals surface area contributed by atoms with Crippen LogP contribution in [0.25, 0.3) is 22.4 Å². The third-order valence-corrected chi connectivity index (χ3v) is 6.07. The fraction of sp³-hybridized carbons (Fsp3) is 0.333. The normalized spacial score (nSPS) is 16.6. The quantitative estimate of drug-likeness (QED) is 0.696. The number of benzene rings is 1. The van der Waals surface area contributed by atoms with Gasteiger partial charge in [0.15, 0.2) is 5.65 Å². The standard InChI is InChI=1S/C18H18Cl2N6O/c1-18(17(21)27)5-7-26(8-6-18)12-9-22-15-14(24-25-16(15)23-12)10-3-2-4-11(19)13(10)20/h2-4,9H,5-8H2,1H3,(H2,21,27)(H,23,24,25). The Kier molecular flexibility index (Phi) is 4.44. The molecule has 3 heterocycles. The predicted molar refractivity (Wildman–Crippen MR) is 106 cm³/mol. The number of nitrogens with zero attached hydrogens (tertiary/aromatic N) is 4. The first-order chi connectivity index (χ1) is 12.9. The Morgan fingerprint density at radius 2 is 2.04 bits per heavy atom. The van der Waals surface area contributed by atoms with Crippen molar-refractivity contribution >= 4 is 46.1 Å². The lowest BCUT2D eigenvalue weighted by Crippen LogP contribution is -2.45. The van der Waals surface area contributed by atoms with Gasteiger partial charge >= 0.3 is 0 Å². The fourth-order valence-corrected chi connectivity index (χ4v) is 3.69. The molecule has 3 N–H and O–H groups in total. The highest BCUT2D eigenvalue weighted by molar-refractivity contribution is 6.43. The summed E-state index contributed by atoms with van der Waals surface area (Å²) in [5.41, 5.74) is 7.57. The Hall–Kier alpha value is -2.38. The largest absolute Gasteiger partial charge is 0.369 e. The Bertz CT molecular complexity index is 1030. The van der Waals surface area contributed by atoms with Gasteiger partial charge in [-0.25, -0.2) is 9.97 Å². The van der Waals surface area contributed by atoms with Crippen molar-refractivity contribution in [3.8, 4) is 11.3 Å². The SMILES string of the molecule is CC1(C(N)=O)CCN(c2cnc3c(-c4cccc(Cl)c4Cl)n[nH]c3n2)CC1. The van der Waals surface area contributed by atoms with E-state index in [1.54, 1.807) is 12.3 Å². The van der Waals surface area contributed by atoms with Gasteiger partial charge in [0, 0.05) is 24.1 Å². The van der Waals surface area contributed by atoms with E-state index >= 15 is 0 Å². The van der Waals surface area contributed by atoms with Gasteiger partial charge in [0.05, 0.1) is 16.2 Å². The minimum Gasteiger partial charge on any atom is -0.369 e. The van der Waals surface area contributed by atoms with Gasteiger partial charge in [-0.3, -0.25) is 9.89 Å². The van der Waals surface area contributed by atoms with E-state index in [9.17, 15) is 4.79 Å². The summed E-state index contributed by atoms with van der Waals surface area (Å²) in [6.07, 6.45) is 3.09. The lowest BCUT2D eigenvalue weighted by atomic mass is 9.80. The smallest absolute Gasteiger partial charge is 0.223 e. The van der Waals surface area contributed by atoms with Crippen molar-refractivity contribution in [1.82, 2.24) is 20.2 Å². The molecule has 1 fully saturated rings. The molecule has 140 valence electrons. The van der Waals surface area contributed by atoms with Crippen molar-refractivity contribution < 1.29 is 4.79 Å². The van der Waals surface area contributed by atoms with E-state index < -0.39 is 5.41 Å². The van der Waals surface area contributed by atoms with E-state index in [2.05, 4.69) is 25.1 Å². The number of nitrogens with one attached hydrogen (secondary N) is 1. The van der Waals surface area contributed by atoms with Gasteiger partial charge in [-0.05, 0) is 18.9 Å². The molecule has 0 unspecified atom stereocenters. The van der Waals surface area contributed by atoms with Crippen LogP contribution in [-0.4, -0.2) is 39.2 Å². The van der Waals surface area contributed by atoms with Gasteiger partial charge < -0.3 is 10.6 Å². The van der Waals surface area contributed by atoms with Crippen LogP contribution in [0.3, 0.4) is 0 Å². The zero-order chi connectivity index (χ0) is 19.2. The maximum absolute atomic E-state index is 11.6. The summed E-state index contributed by atoms with van der Waals surface area (Å²) in [6, 6.07) is 5.38. The average molecular weight is 405 g/mol. The Morgan fingerprint density at radius 3 is 2.74 bits per heavy atom. The van der Waals surface area contributed by atoms with E-state index in [0.29, 0.717) is 58.4 Å². The highest BCUT2D eigenvalue weighted by Gasteiger charge is 2.35. The molecule has 2 aromatic heterocycles. The molecule has 0 atom stereocenters. The van der Waals surface area contributed by atoms with Gasteiger partial charge in [-0.15, -0.1) is 0 Å². The summed E-state index contributed by atoms with van der Waals surface area (Å²) < 4.78 is 0. The summed E-state index contributed by atoms with van der Waals surface area (Å²) in [4.78, 5) is 22.9. The number of hydrogen-bond acceptors (Lipinski definition) is 5. The van der Waals surface area contributed by atoms with Crippen LogP contribution in [0.15, 0.2) is 24.4 Å². The lowest BCUT2D eigenvalue weighted by molar-refractivity contribution is -0.127. The maximum Gasteiger partial charge on any atom is 0.223 e. The van der Waals surface area contributed by atoms with Gasteiger partial charge in [-0.1, -0.05) is 42.3 Å². The van der Waals surface area contributed by atoms with Gasteiger partial charge in [0.1, 0.15) is 17.0 Å². The fourth-order valence-electron chi connectivity index (χ4n) is 3.30. The second-order valence-electron chi connectivity index (χ2n) is 7.01. The molecule has 1 amide bonds. The number of amides is 1. The van der Waals surface area contributed by atoms with Crippen LogP contribution in [0.1, 0.15) is 19.8 Å². The van der Waals surface area contributed by atoms with Crippen LogP contribution in [-0.2, 0) is 4.79 Å². The Labute approximate surface area is 165 Å². The molecule has 27 heavy (non-hydrogen) atoms. The molecular weight excluding hydrogens is 387 g/mol.